The van der Waals surface area contributed by atoms with Crippen LogP contribution in [0.3, 0.4) is 0 Å². The third kappa shape index (κ3) is 4.60. The molecule has 1 aliphatic carbocycles. The number of benzene rings is 2. The molecule has 2 aromatic carbocycles. The quantitative estimate of drug-likeness (QED) is 0.562. The van der Waals surface area contributed by atoms with E-state index in [4.69, 9.17) is 0 Å². The van der Waals surface area contributed by atoms with Crippen molar-refractivity contribution < 1.29 is 13.2 Å². The summed E-state index contributed by atoms with van der Waals surface area (Å²) in [6, 6.07) is 16.5. The maximum Gasteiger partial charge on any atom is 0.243 e. The highest BCUT2D eigenvalue weighted by atomic mass is 32.2. The number of amides is 1. The number of sulfonamides is 1. The number of carbonyl (C=O) groups excluding carboxylic acids is 1. The van der Waals surface area contributed by atoms with Crippen LogP contribution < -0.4 is 5.32 Å². The van der Waals surface area contributed by atoms with Crippen LogP contribution in [0.1, 0.15) is 18.9 Å². The number of rotatable bonds is 7. The third-order valence-electron chi connectivity index (χ3n) is 5.94. The van der Waals surface area contributed by atoms with E-state index < -0.39 is 10.0 Å². The van der Waals surface area contributed by atoms with Gasteiger partial charge in [0.2, 0.25) is 15.9 Å². The minimum absolute atomic E-state index is 0.0616. The zero-order valence-corrected chi connectivity index (χ0v) is 18.9. The van der Waals surface area contributed by atoms with Gasteiger partial charge in [0.1, 0.15) is 0 Å². The van der Waals surface area contributed by atoms with E-state index in [-0.39, 0.29) is 30.4 Å². The molecule has 1 saturated carbocycles. The summed E-state index contributed by atoms with van der Waals surface area (Å²) in [6.45, 7) is 1.45. The van der Waals surface area contributed by atoms with Gasteiger partial charge in [-0.3, -0.25) is 4.79 Å². The summed E-state index contributed by atoms with van der Waals surface area (Å²) < 4.78 is 28.8. The van der Waals surface area contributed by atoms with Crippen molar-refractivity contribution in [3.8, 4) is 11.4 Å². The molecule has 33 heavy (non-hydrogen) atoms. The molecule has 10 nitrogen and oxygen atoms in total. The first kappa shape index (κ1) is 21.5. The van der Waals surface area contributed by atoms with Crippen LogP contribution in [-0.2, 0) is 14.8 Å². The Bertz CT molecular complexity index is 1220. The van der Waals surface area contributed by atoms with Crippen molar-refractivity contribution in [2.24, 2.45) is 0 Å². The maximum absolute atomic E-state index is 12.7. The molecule has 1 amide bonds. The van der Waals surface area contributed by atoms with Crippen molar-refractivity contribution in [2.75, 3.05) is 38.0 Å². The predicted molar refractivity (Wildman–Crippen MR) is 122 cm³/mol. The molecule has 1 aliphatic heterocycles. The van der Waals surface area contributed by atoms with Crippen molar-refractivity contribution in [3.63, 3.8) is 0 Å². The lowest BCUT2D eigenvalue weighted by Gasteiger charge is -2.34. The fourth-order valence-corrected chi connectivity index (χ4v) is 5.34. The molecule has 0 spiro atoms. The van der Waals surface area contributed by atoms with E-state index in [9.17, 15) is 13.2 Å². The van der Waals surface area contributed by atoms with Gasteiger partial charge in [0.05, 0.1) is 17.5 Å². The molecule has 1 aromatic heterocycles. The SMILES string of the molecule is O=C(CNc1ccc(-c2nnnn2C2CC2)cc1)N1CCN(S(=O)(=O)c2ccccc2)CC1. The molecule has 2 fully saturated rings. The van der Waals surface area contributed by atoms with Crippen LogP contribution in [0.2, 0.25) is 0 Å². The molecule has 5 rings (SSSR count). The second-order valence-electron chi connectivity index (χ2n) is 8.21. The average Bonchev–Trinajstić information content (AvgIpc) is 3.59. The number of nitrogens with zero attached hydrogens (tertiary/aromatic N) is 6. The van der Waals surface area contributed by atoms with Crippen molar-refractivity contribution in [2.45, 2.75) is 23.8 Å². The lowest BCUT2D eigenvalue weighted by molar-refractivity contribution is -0.130. The first-order valence-electron chi connectivity index (χ1n) is 11.0. The van der Waals surface area contributed by atoms with Gasteiger partial charge >= 0.3 is 0 Å². The van der Waals surface area contributed by atoms with Crippen molar-refractivity contribution >= 4 is 21.6 Å². The minimum atomic E-state index is -3.53. The Morgan fingerprint density at radius 1 is 0.970 bits per heavy atom. The van der Waals surface area contributed by atoms with Crippen molar-refractivity contribution in [3.05, 3.63) is 54.6 Å². The van der Waals surface area contributed by atoms with Gasteiger partial charge in [0, 0.05) is 37.4 Å². The number of hydrogen-bond donors (Lipinski definition) is 1. The monoisotopic (exact) mass is 467 g/mol. The van der Waals surface area contributed by atoms with E-state index in [1.54, 1.807) is 35.2 Å². The van der Waals surface area contributed by atoms with Crippen LogP contribution in [0, 0.1) is 0 Å². The molecule has 2 aliphatic rings. The molecular weight excluding hydrogens is 442 g/mol. The molecule has 11 heteroatoms. The highest BCUT2D eigenvalue weighted by Crippen LogP contribution is 2.36. The van der Waals surface area contributed by atoms with E-state index in [2.05, 4.69) is 20.8 Å². The summed E-state index contributed by atoms with van der Waals surface area (Å²) in [4.78, 5) is 14.6. The summed E-state index contributed by atoms with van der Waals surface area (Å²) >= 11 is 0. The summed E-state index contributed by atoms with van der Waals surface area (Å²) in [7, 11) is -3.53. The van der Waals surface area contributed by atoms with E-state index in [1.807, 2.05) is 28.9 Å². The van der Waals surface area contributed by atoms with E-state index in [1.165, 1.54) is 4.31 Å². The second-order valence-corrected chi connectivity index (χ2v) is 10.1. The van der Waals surface area contributed by atoms with Gasteiger partial charge in [-0.05, 0) is 59.7 Å². The van der Waals surface area contributed by atoms with E-state index in [0.29, 0.717) is 19.1 Å². The Morgan fingerprint density at radius 3 is 2.33 bits per heavy atom. The van der Waals surface area contributed by atoms with Crippen LogP contribution in [-0.4, -0.2) is 76.5 Å². The lowest BCUT2D eigenvalue weighted by Crippen LogP contribution is -2.51. The second kappa shape index (κ2) is 8.91. The molecular formula is C22H25N7O3S. The fourth-order valence-electron chi connectivity index (χ4n) is 3.89. The minimum Gasteiger partial charge on any atom is -0.376 e. The Labute approximate surface area is 192 Å². The summed E-state index contributed by atoms with van der Waals surface area (Å²) in [5, 5.41) is 15.1. The van der Waals surface area contributed by atoms with E-state index >= 15 is 0 Å². The van der Waals surface area contributed by atoms with Crippen LogP contribution in [0.15, 0.2) is 59.5 Å². The zero-order chi connectivity index (χ0) is 22.8. The van der Waals surface area contributed by atoms with Crippen LogP contribution in [0.25, 0.3) is 11.4 Å². The molecule has 0 bridgehead atoms. The number of carbonyl (C=O) groups is 1. The first-order chi connectivity index (χ1) is 16.0. The molecule has 172 valence electrons. The Kier molecular flexibility index (Phi) is 5.81. The van der Waals surface area contributed by atoms with Gasteiger partial charge in [0.15, 0.2) is 5.82 Å². The largest absolute Gasteiger partial charge is 0.376 e. The van der Waals surface area contributed by atoms with Gasteiger partial charge in [-0.15, -0.1) is 5.10 Å². The Balaban J connectivity index is 1.13. The maximum atomic E-state index is 12.7. The molecule has 0 atom stereocenters. The number of piperazine rings is 1. The highest BCUT2D eigenvalue weighted by Gasteiger charge is 2.30. The van der Waals surface area contributed by atoms with E-state index in [0.717, 1.165) is 29.9 Å². The summed E-state index contributed by atoms with van der Waals surface area (Å²) in [5.74, 6) is 0.692. The van der Waals surface area contributed by atoms with Crippen LogP contribution in [0.4, 0.5) is 5.69 Å². The molecule has 1 N–H and O–H groups in total. The van der Waals surface area contributed by atoms with Gasteiger partial charge in [-0.2, -0.15) is 4.31 Å². The molecule has 1 saturated heterocycles. The molecule has 0 unspecified atom stereocenters. The fraction of sp³-hybridized carbons (Fsp3) is 0.364. The summed E-state index contributed by atoms with van der Waals surface area (Å²) in [6.07, 6.45) is 2.21. The third-order valence-corrected chi connectivity index (χ3v) is 7.86. The zero-order valence-electron chi connectivity index (χ0n) is 18.0. The lowest BCUT2D eigenvalue weighted by atomic mass is 10.2. The predicted octanol–water partition coefficient (Wildman–Crippen LogP) is 1.62. The number of hydrogen-bond acceptors (Lipinski definition) is 7. The Morgan fingerprint density at radius 2 is 1.67 bits per heavy atom. The van der Waals surface area contributed by atoms with Gasteiger partial charge in [-0.1, -0.05) is 18.2 Å². The smallest absolute Gasteiger partial charge is 0.243 e. The highest BCUT2D eigenvalue weighted by molar-refractivity contribution is 7.89. The Hall–Kier alpha value is -3.31. The normalized spacial score (nSPS) is 17.2. The molecule has 2 heterocycles. The number of anilines is 1. The average molecular weight is 468 g/mol. The topological polar surface area (TPSA) is 113 Å². The van der Waals surface area contributed by atoms with Gasteiger partial charge < -0.3 is 10.2 Å². The van der Waals surface area contributed by atoms with Crippen molar-refractivity contribution in [1.29, 1.82) is 0 Å². The van der Waals surface area contributed by atoms with Crippen molar-refractivity contribution in [1.82, 2.24) is 29.4 Å². The standard InChI is InChI=1S/C22H25N7O3S/c30-21(27-12-14-28(15-13-27)33(31,32)20-4-2-1-3-5-20)16-23-18-8-6-17(7-9-18)22-24-25-26-29(22)19-10-11-19/h1-9,19,23H,10-16H2. The molecule has 0 radical (unpaired) electrons. The van der Waals surface area contributed by atoms with Crippen LogP contribution in [0.5, 0.6) is 0 Å². The number of tetrazole rings is 1. The summed E-state index contributed by atoms with van der Waals surface area (Å²) in [5.41, 5.74) is 1.75. The number of nitrogens with one attached hydrogen (secondary N) is 1. The van der Waals surface area contributed by atoms with Crippen LogP contribution >= 0.6 is 0 Å². The van der Waals surface area contributed by atoms with Gasteiger partial charge in [0.25, 0.3) is 0 Å². The van der Waals surface area contributed by atoms with Gasteiger partial charge in [-0.25, -0.2) is 13.1 Å². The molecule has 3 aromatic rings. The number of aromatic nitrogens is 4. The first-order valence-corrected chi connectivity index (χ1v) is 12.4.